The molecule has 1 N–H and O–H groups in total. The molecule has 0 bridgehead atoms. The second kappa shape index (κ2) is 6.72. The lowest BCUT2D eigenvalue weighted by atomic mass is 10.1. The van der Waals surface area contributed by atoms with Gasteiger partial charge in [0.2, 0.25) is 0 Å². The van der Waals surface area contributed by atoms with Gasteiger partial charge >= 0.3 is 0 Å². The van der Waals surface area contributed by atoms with Crippen LogP contribution in [0.2, 0.25) is 0 Å². The summed E-state index contributed by atoms with van der Waals surface area (Å²) in [5, 5.41) is 1.13. The second-order valence-electron chi connectivity index (χ2n) is 7.48. The normalized spacial score (nSPS) is 21.1. The van der Waals surface area contributed by atoms with Gasteiger partial charge in [-0.3, -0.25) is 0 Å². The van der Waals surface area contributed by atoms with E-state index in [4.69, 9.17) is 4.98 Å². The number of rotatable bonds is 4. The average Bonchev–Trinajstić information content (AvgIpc) is 3.43. The number of hydrogen-bond donors (Lipinski definition) is 1. The van der Waals surface area contributed by atoms with Gasteiger partial charge in [0.1, 0.15) is 11.5 Å². The number of nitrogens with zero attached hydrogens (tertiary/aromatic N) is 4. The number of aromatic amines is 1. The van der Waals surface area contributed by atoms with Gasteiger partial charge in [0, 0.05) is 42.5 Å². The Morgan fingerprint density at radius 3 is 2.88 bits per heavy atom. The number of H-pyrrole nitrogens is 1. The Bertz CT molecular complexity index is 896. The third-order valence-corrected chi connectivity index (χ3v) is 5.81. The lowest BCUT2D eigenvalue weighted by molar-refractivity contribution is 0.313. The van der Waals surface area contributed by atoms with Crippen molar-refractivity contribution in [3.63, 3.8) is 0 Å². The van der Waals surface area contributed by atoms with Gasteiger partial charge in [0.15, 0.2) is 0 Å². The summed E-state index contributed by atoms with van der Waals surface area (Å²) >= 11 is 0. The summed E-state index contributed by atoms with van der Waals surface area (Å²) in [6.45, 7) is 4.83. The molecule has 2 fully saturated rings. The standard InChI is InChI=1S/C21H25N5/c1-2-13-25(12-1)15-16-5-4-14-26(16)20-7-3-6-19(24-20)17-8-10-22-21-18(17)9-11-23-21/h3,6-11,16H,1-2,4-5,12-15H2,(H,22,23)/t16-/m0/s1. The summed E-state index contributed by atoms with van der Waals surface area (Å²) in [4.78, 5) is 17.8. The highest BCUT2D eigenvalue weighted by molar-refractivity contribution is 5.91. The van der Waals surface area contributed by atoms with Crippen LogP contribution < -0.4 is 4.90 Å². The molecule has 1 atom stereocenters. The Balaban J connectivity index is 1.45. The topological polar surface area (TPSA) is 48.1 Å². The number of nitrogens with one attached hydrogen (secondary N) is 1. The van der Waals surface area contributed by atoms with Crippen LogP contribution in [-0.4, -0.2) is 52.1 Å². The third-order valence-electron chi connectivity index (χ3n) is 5.81. The zero-order valence-corrected chi connectivity index (χ0v) is 15.1. The summed E-state index contributed by atoms with van der Waals surface area (Å²) in [5.41, 5.74) is 3.09. The number of hydrogen-bond acceptors (Lipinski definition) is 4. The van der Waals surface area contributed by atoms with Crippen LogP contribution >= 0.6 is 0 Å². The monoisotopic (exact) mass is 347 g/mol. The predicted molar refractivity (Wildman–Crippen MR) is 105 cm³/mol. The highest BCUT2D eigenvalue weighted by atomic mass is 15.3. The number of fused-ring (bicyclic) bond motifs is 1. The van der Waals surface area contributed by atoms with Crippen LogP contribution in [0.15, 0.2) is 42.7 Å². The molecule has 0 amide bonds. The van der Waals surface area contributed by atoms with E-state index in [0.717, 1.165) is 34.7 Å². The largest absolute Gasteiger partial charge is 0.352 e. The Morgan fingerprint density at radius 1 is 1.04 bits per heavy atom. The minimum Gasteiger partial charge on any atom is -0.352 e. The first-order valence-corrected chi connectivity index (χ1v) is 9.77. The fraction of sp³-hybridized carbons (Fsp3) is 0.429. The van der Waals surface area contributed by atoms with Crippen LogP contribution in [0.25, 0.3) is 22.3 Å². The fourth-order valence-corrected chi connectivity index (χ4v) is 4.51. The summed E-state index contributed by atoms with van der Waals surface area (Å²) in [6.07, 6.45) is 9.05. The Kier molecular flexibility index (Phi) is 4.09. The minimum absolute atomic E-state index is 0.598. The van der Waals surface area contributed by atoms with Crippen molar-refractivity contribution < 1.29 is 0 Å². The number of pyridine rings is 2. The zero-order chi connectivity index (χ0) is 17.3. The fourth-order valence-electron chi connectivity index (χ4n) is 4.51. The smallest absolute Gasteiger partial charge is 0.137 e. The minimum atomic E-state index is 0.598. The van der Waals surface area contributed by atoms with Crippen LogP contribution in [-0.2, 0) is 0 Å². The molecular weight excluding hydrogens is 322 g/mol. The predicted octanol–water partition coefficient (Wildman–Crippen LogP) is 3.69. The van der Waals surface area contributed by atoms with Gasteiger partial charge in [-0.05, 0) is 63.0 Å². The Hall–Kier alpha value is -2.40. The van der Waals surface area contributed by atoms with Crippen molar-refractivity contribution >= 4 is 16.9 Å². The molecule has 2 saturated heterocycles. The SMILES string of the molecule is c1cc(-c2ccnc3[nH]ccc23)nc(N2CCC[C@H]2CN2CCCC2)c1. The molecule has 5 heterocycles. The maximum Gasteiger partial charge on any atom is 0.137 e. The van der Waals surface area contributed by atoms with E-state index < -0.39 is 0 Å². The van der Waals surface area contributed by atoms with E-state index >= 15 is 0 Å². The van der Waals surface area contributed by atoms with Gasteiger partial charge in [-0.2, -0.15) is 0 Å². The molecule has 0 aliphatic carbocycles. The summed E-state index contributed by atoms with van der Waals surface area (Å²) in [6, 6.07) is 11.2. The number of likely N-dealkylation sites (tertiary alicyclic amines) is 1. The van der Waals surface area contributed by atoms with Gasteiger partial charge in [-0.15, -0.1) is 0 Å². The van der Waals surface area contributed by atoms with Crippen molar-refractivity contribution in [2.24, 2.45) is 0 Å². The van der Waals surface area contributed by atoms with Gasteiger partial charge < -0.3 is 14.8 Å². The van der Waals surface area contributed by atoms with Gasteiger partial charge in [0.25, 0.3) is 0 Å². The van der Waals surface area contributed by atoms with E-state index in [1.165, 1.54) is 45.3 Å². The first-order valence-electron chi connectivity index (χ1n) is 9.77. The van der Waals surface area contributed by atoms with Crippen LogP contribution in [0, 0.1) is 0 Å². The summed E-state index contributed by atoms with van der Waals surface area (Å²) < 4.78 is 0. The van der Waals surface area contributed by atoms with E-state index in [-0.39, 0.29) is 0 Å². The second-order valence-corrected chi connectivity index (χ2v) is 7.48. The van der Waals surface area contributed by atoms with Crippen LogP contribution in [0.1, 0.15) is 25.7 Å². The molecule has 3 aromatic heterocycles. The molecule has 0 saturated carbocycles. The maximum absolute atomic E-state index is 5.05. The van der Waals surface area contributed by atoms with E-state index in [1.807, 2.05) is 12.4 Å². The number of anilines is 1. The van der Waals surface area contributed by atoms with Crippen molar-refractivity contribution in [2.75, 3.05) is 31.1 Å². The lowest BCUT2D eigenvalue weighted by Gasteiger charge is -2.29. The molecule has 3 aromatic rings. The Labute approximate surface area is 154 Å². The molecule has 2 aliphatic heterocycles. The van der Waals surface area contributed by atoms with E-state index in [1.54, 1.807) is 0 Å². The average molecular weight is 347 g/mol. The van der Waals surface area contributed by atoms with Crippen molar-refractivity contribution in [2.45, 2.75) is 31.7 Å². The van der Waals surface area contributed by atoms with Crippen molar-refractivity contribution in [1.29, 1.82) is 0 Å². The first kappa shape index (κ1) is 15.8. The molecule has 0 radical (unpaired) electrons. The molecule has 134 valence electrons. The summed E-state index contributed by atoms with van der Waals surface area (Å²) in [5.74, 6) is 1.12. The molecule has 0 unspecified atom stereocenters. The lowest BCUT2D eigenvalue weighted by Crippen LogP contribution is -2.39. The quantitative estimate of drug-likeness (QED) is 0.782. The van der Waals surface area contributed by atoms with Gasteiger partial charge in [-0.25, -0.2) is 9.97 Å². The van der Waals surface area contributed by atoms with Crippen LogP contribution in [0.4, 0.5) is 5.82 Å². The highest BCUT2D eigenvalue weighted by Gasteiger charge is 2.28. The summed E-state index contributed by atoms with van der Waals surface area (Å²) in [7, 11) is 0. The van der Waals surface area contributed by atoms with Crippen molar-refractivity contribution in [1.82, 2.24) is 19.9 Å². The van der Waals surface area contributed by atoms with Crippen LogP contribution in [0.3, 0.4) is 0 Å². The Morgan fingerprint density at radius 2 is 1.96 bits per heavy atom. The molecule has 26 heavy (non-hydrogen) atoms. The van der Waals surface area contributed by atoms with Gasteiger partial charge in [0.05, 0.1) is 5.69 Å². The maximum atomic E-state index is 5.05. The van der Waals surface area contributed by atoms with Crippen molar-refractivity contribution in [3.8, 4) is 11.3 Å². The van der Waals surface area contributed by atoms with Crippen LogP contribution in [0.5, 0.6) is 0 Å². The number of aromatic nitrogens is 3. The highest BCUT2D eigenvalue weighted by Crippen LogP contribution is 2.30. The van der Waals surface area contributed by atoms with E-state index in [9.17, 15) is 0 Å². The third kappa shape index (κ3) is 2.86. The molecule has 2 aliphatic rings. The molecule has 0 spiro atoms. The molecule has 0 aromatic carbocycles. The van der Waals surface area contributed by atoms with Crippen molar-refractivity contribution in [3.05, 3.63) is 42.7 Å². The zero-order valence-electron chi connectivity index (χ0n) is 15.1. The molecule has 5 nitrogen and oxygen atoms in total. The van der Waals surface area contributed by atoms with Gasteiger partial charge in [-0.1, -0.05) is 6.07 Å². The molecule has 5 rings (SSSR count). The first-order chi connectivity index (χ1) is 12.9. The molecular formula is C21H25N5. The van der Waals surface area contributed by atoms with E-state index in [0.29, 0.717) is 6.04 Å². The van der Waals surface area contributed by atoms with E-state index in [2.05, 4.69) is 50.1 Å². The molecule has 5 heteroatoms.